The Labute approximate surface area is 41.3 Å². The Morgan fingerprint density at radius 2 is 2.57 bits per heavy atom. The summed E-state index contributed by atoms with van der Waals surface area (Å²) in [7, 11) is 0. The van der Waals surface area contributed by atoms with Gasteiger partial charge in [-0.05, 0) is 0 Å². The Kier molecular flexibility index (Phi) is 1.25. The van der Waals surface area contributed by atoms with Gasteiger partial charge in [0.25, 0.3) is 0 Å². The number of aliphatic hydroxyl groups excluding tert-OH is 1. The Hall–Kier alpha value is -0.160. The van der Waals surface area contributed by atoms with E-state index < -0.39 is 6.23 Å². The molecule has 0 spiro atoms. The third kappa shape index (κ3) is 1.10. The van der Waals surface area contributed by atoms with Crippen molar-refractivity contribution in [3.8, 4) is 0 Å². The highest BCUT2D eigenvalue weighted by Crippen LogP contribution is 1.70. The molecule has 1 aliphatic rings. The number of hydrogen-bond donors (Lipinski definition) is 3. The van der Waals surface area contributed by atoms with E-state index in [4.69, 9.17) is 5.11 Å². The van der Waals surface area contributed by atoms with E-state index in [0.717, 1.165) is 0 Å². The fourth-order valence-corrected chi connectivity index (χ4v) is 0.592. The van der Waals surface area contributed by atoms with Crippen molar-refractivity contribution in [3.05, 3.63) is 5.21 Å². The first-order valence-electron chi connectivity index (χ1n) is 2.22. The van der Waals surface area contributed by atoms with Crippen LogP contribution in [0.3, 0.4) is 0 Å². The molecule has 1 heterocycles. The highest BCUT2D eigenvalue weighted by Gasteiger charge is 2.15. The molecule has 4 heteroatoms. The first-order chi connectivity index (χ1) is 3.29. The van der Waals surface area contributed by atoms with Gasteiger partial charge in [-0.25, -0.2) is 5.32 Å². The van der Waals surface area contributed by atoms with Crippen LogP contribution >= 0.6 is 0 Å². The molecule has 0 aromatic carbocycles. The molecule has 0 radical (unpaired) electrons. The Balaban J connectivity index is 2.26. The van der Waals surface area contributed by atoms with Gasteiger partial charge in [0.15, 0.2) is 6.23 Å². The second-order valence-electron chi connectivity index (χ2n) is 1.64. The van der Waals surface area contributed by atoms with Gasteiger partial charge in [-0.3, -0.25) is 0 Å². The van der Waals surface area contributed by atoms with Gasteiger partial charge >= 0.3 is 0 Å². The van der Waals surface area contributed by atoms with Crippen LogP contribution in [0.5, 0.6) is 0 Å². The van der Waals surface area contributed by atoms with Gasteiger partial charge in [-0.15, -0.1) is 0 Å². The van der Waals surface area contributed by atoms with Crippen LogP contribution in [0.2, 0.25) is 0 Å². The summed E-state index contributed by atoms with van der Waals surface area (Å²) < 4.78 is 0. The van der Waals surface area contributed by atoms with Crippen LogP contribution in [-0.4, -0.2) is 24.5 Å². The molecule has 4 nitrogen and oxygen atoms in total. The molecule has 0 aromatic rings. The Morgan fingerprint density at radius 1 is 1.86 bits per heavy atom. The zero-order chi connectivity index (χ0) is 5.28. The van der Waals surface area contributed by atoms with Gasteiger partial charge in [0.1, 0.15) is 13.2 Å². The van der Waals surface area contributed by atoms with Crippen molar-refractivity contribution in [2.45, 2.75) is 6.23 Å². The molecule has 1 saturated heterocycles. The van der Waals surface area contributed by atoms with Gasteiger partial charge in [-0.2, -0.15) is 0 Å². The lowest BCUT2D eigenvalue weighted by molar-refractivity contribution is -0.836. The van der Waals surface area contributed by atoms with Crippen LogP contribution in [0.15, 0.2) is 0 Å². The molecule has 1 aliphatic heterocycles. The molecule has 1 rings (SSSR count). The highest BCUT2D eigenvalue weighted by atomic mass is 16.5. The van der Waals surface area contributed by atoms with E-state index in [0.29, 0.717) is 6.67 Å². The molecule has 0 bridgehead atoms. The second-order valence-corrected chi connectivity index (χ2v) is 1.64. The van der Waals surface area contributed by atoms with Crippen LogP contribution in [0.25, 0.3) is 0 Å². The third-order valence-electron chi connectivity index (χ3n) is 0.956. The van der Waals surface area contributed by atoms with Crippen molar-refractivity contribution in [1.29, 1.82) is 0 Å². The van der Waals surface area contributed by atoms with Gasteiger partial charge in [0.2, 0.25) is 0 Å². The maximum atomic E-state index is 10.2. The Morgan fingerprint density at radius 3 is 2.71 bits per heavy atom. The first-order valence-corrected chi connectivity index (χ1v) is 2.22. The molecule has 0 saturated carbocycles. The SMILES string of the molecule is [O-][NH+]1CNC(O)C1. The fourth-order valence-electron chi connectivity index (χ4n) is 0.592. The molecule has 2 unspecified atom stereocenters. The number of quaternary nitrogens is 1. The maximum absolute atomic E-state index is 10.2. The molecular weight excluding hydrogens is 96.0 g/mol. The minimum Gasteiger partial charge on any atom is -0.633 e. The second kappa shape index (κ2) is 1.75. The minimum absolute atomic E-state index is 0.0903. The fraction of sp³-hybridized carbons (Fsp3) is 1.00. The number of hydroxylamine groups is 2. The minimum atomic E-state index is -0.576. The quantitative estimate of drug-likeness (QED) is 0.292. The summed E-state index contributed by atoms with van der Waals surface area (Å²) in [6, 6.07) is 0. The number of rotatable bonds is 0. The van der Waals surface area contributed by atoms with Crippen LogP contribution in [0, 0.1) is 5.21 Å². The molecule has 42 valence electrons. The van der Waals surface area contributed by atoms with Crippen molar-refractivity contribution >= 4 is 0 Å². The summed E-state index contributed by atoms with van der Waals surface area (Å²) in [5, 5.41) is 21.5. The predicted molar refractivity (Wildman–Crippen MR) is 23.2 cm³/mol. The first kappa shape index (κ1) is 4.99. The summed E-state index contributed by atoms with van der Waals surface area (Å²) in [5.41, 5.74) is 0. The smallest absolute Gasteiger partial charge is 0.159 e. The summed E-state index contributed by atoms with van der Waals surface area (Å²) in [4.78, 5) is 0. The lowest BCUT2D eigenvalue weighted by Gasteiger charge is -2.11. The molecule has 2 atom stereocenters. The standard InChI is InChI=1S/C3H8N2O2/c6-3-1-5(7)2-4-3/h3-6H,1-2H2. The van der Waals surface area contributed by atoms with E-state index in [2.05, 4.69) is 5.32 Å². The zero-order valence-corrected chi connectivity index (χ0v) is 3.85. The van der Waals surface area contributed by atoms with Gasteiger partial charge in [0, 0.05) is 0 Å². The summed E-state index contributed by atoms with van der Waals surface area (Å²) in [6.45, 7) is 0.612. The average molecular weight is 104 g/mol. The van der Waals surface area contributed by atoms with Crippen LogP contribution in [0.4, 0.5) is 0 Å². The van der Waals surface area contributed by atoms with Crippen molar-refractivity contribution in [3.63, 3.8) is 0 Å². The maximum Gasteiger partial charge on any atom is 0.159 e. The third-order valence-corrected chi connectivity index (χ3v) is 0.956. The lowest BCUT2D eigenvalue weighted by atomic mass is 10.6. The zero-order valence-electron chi connectivity index (χ0n) is 3.85. The summed E-state index contributed by atoms with van der Waals surface area (Å²) >= 11 is 0. The van der Waals surface area contributed by atoms with Gasteiger partial charge in [0.05, 0.1) is 0 Å². The molecule has 0 amide bonds. The molecule has 0 aliphatic carbocycles. The summed E-state index contributed by atoms with van der Waals surface area (Å²) in [5.74, 6) is 0. The molecule has 7 heavy (non-hydrogen) atoms. The van der Waals surface area contributed by atoms with E-state index >= 15 is 0 Å². The van der Waals surface area contributed by atoms with E-state index in [1.54, 1.807) is 0 Å². The number of hydrogen-bond acceptors (Lipinski definition) is 3. The average Bonchev–Trinajstić information content (AvgIpc) is 1.87. The largest absolute Gasteiger partial charge is 0.633 e. The molecular formula is C3H8N2O2. The number of aliphatic hydroxyl groups is 1. The van der Waals surface area contributed by atoms with Crippen molar-refractivity contribution in [2.24, 2.45) is 0 Å². The van der Waals surface area contributed by atoms with Crippen molar-refractivity contribution in [2.75, 3.05) is 13.2 Å². The van der Waals surface area contributed by atoms with E-state index in [1.165, 1.54) is 0 Å². The molecule has 1 fully saturated rings. The van der Waals surface area contributed by atoms with Crippen LogP contribution < -0.4 is 10.4 Å². The normalized spacial score (nSPS) is 42.0. The van der Waals surface area contributed by atoms with Crippen molar-refractivity contribution in [1.82, 2.24) is 5.32 Å². The molecule has 0 aromatic heterocycles. The predicted octanol–water partition coefficient (Wildman–Crippen LogP) is -2.75. The van der Waals surface area contributed by atoms with Crippen molar-refractivity contribution < 1.29 is 10.2 Å². The lowest BCUT2D eigenvalue weighted by Crippen LogP contribution is -3.05. The summed E-state index contributed by atoms with van der Waals surface area (Å²) in [6.07, 6.45) is -0.576. The van der Waals surface area contributed by atoms with Crippen LogP contribution in [0.1, 0.15) is 0 Å². The van der Waals surface area contributed by atoms with Gasteiger partial charge in [-0.1, -0.05) is 0 Å². The highest BCUT2D eigenvalue weighted by molar-refractivity contribution is 4.50. The topological polar surface area (TPSA) is 59.8 Å². The van der Waals surface area contributed by atoms with E-state index in [9.17, 15) is 5.21 Å². The van der Waals surface area contributed by atoms with Crippen LogP contribution in [-0.2, 0) is 0 Å². The van der Waals surface area contributed by atoms with E-state index in [1.807, 2.05) is 0 Å². The number of nitrogens with one attached hydrogen (secondary N) is 2. The Bertz CT molecular complexity index is 60.0. The molecule has 3 N–H and O–H groups in total. The van der Waals surface area contributed by atoms with E-state index in [-0.39, 0.29) is 11.6 Å². The monoisotopic (exact) mass is 104 g/mol. The van der Waals surface area contributed by atoms with Gasteiger partial charge < -0.3 is 15.4 Å².